The van der Waals surface area contributed by atoms with E-state index in [1.165, 1.54) is 12.1 Å². The highest BCUT2D eigenvalue weighted by Crippen LogP contribution is 2.20. The number of aromatic nitrogens is 1. The molecule has 1 heterocycles. The lowest BCUT2D eigenvalue weighted by Crippen LogP contribution is -2.10. The molecule has 0 spiro atoms. The van der Waals surface area contributed by atoms with Crippen LogP contribution in [0.15, 0.2) is 30.3 Å². The molecule has 0 aliphatic carbocycles. The van der Waals surface area contributed by atoms with Gasteiger partial charge in [-0.2, -0.15) is 0 Å². The maximum atomic E-state index is 12.8. The van der Waals surface area contributed by atoms with Crippen molar-refractivity contribution in [2.24, 2.45) is 0 Å². The molecule has 1 atom stereocenters. The number of ether oxygens (including phenoxy) is 1. The van der Waals surface area contributed by atoms with Gasteiger partial charge in [0.15, 0.2) is 0 Å². The third kappa shape index (κ3) is 3.02. The zero-order valence-corrected chi connectivity index (χ0v) is 11.2. The van der Waals surface area contributed by atoms with E-state index in [1.807, 2.05) is 19.9 Å². The molecule has 2 aromatic rings. The molecule has 3 nitrogen and oxygen atoms in total. The third-order valence-electron chi connectivity index (χ3n) is 2.98. The van der Waals surface area contributed by atoms with Gasteiger partial charge in [-0.3, -0.25) is 0 Å². The van der Waals surface area contributed by atoms with Gasteiger partial charge in [0, 0.05) is 5.69 Å². The predicted molar refractivity (Wildman–Crippen MR) is 70.5 cm³/mol. The number of carbonyl (C=O) groups excluding carboxylic acids is 1. The molecule has 0 saturated carbocycles. The first-order valence-corrected chi connectivity index (χ1v) is 6.10. The number of hydrogen-bond donors (Lipinski definition) is 1. The summed E-state index contributed by atoms with van der Waals surface area (Å²) in [5.41, 5.74) is 3.00. The standard InChI is InChI=1S/C15H16FNO2/c1-9-8-10(2)17-14(9)15(18)19-11(3)12-4-6-13(16)7-5-12/h4-8,11,17H,1-3H3. The Hall–Kier alpha value is -2.10. The average molecular weight is 261 g/mol. The van der Waals surface area contributed by atoms with Gasteiger partial charge in [-0.1, -0.05) is 12.1 Å². The molecular weight excluding hydrogens is 245 g/mol. The number of aryl methyl sites for hydroxylation is 2. The van der Waals surface area contributed by atoms with Crippen LogP contribution in [0.1, 0.15) is 40.3 Å². The average Bonchev–Trinajstić information content (AvgIpc) is 2.69. The van der Waals surface area contributed by atoms with Crippen LogP contribution in [0.25, 0.3) is 0 Å². The predicted octanol–water partition coefficient (Wildman–Crippen LogP) is 3.69. The Morgan fingerprint density at radius 3 is 2.42 bits per heavy atom. The molecule has 1 N–H and O–H groups in total. The van der Waals surface area contributed by atoms with E-state index in [0.29, 0.717) is 5.69 Å². The van der Waals surface area contributed by atoms with Crippen molar-refractivity contribution in [2.45, 2.75) is 26.9 Å². The van der Waals surface area contributed by atoms with Crippen LogP contribution in [0.5, 0.6) is 0 Å². The van der Waals surface area contributed by atoms with Gasteiger partial charge in [0.25, 0.3) is 0 Å². The zero-order chi connectivity index (χ0) is 14.0. The van der Waals surface area contributed by atoms with E-state index in [2.05, 4.69) is 4.98 Å². The van der Waals surface area contributed by atoms with E-state index < -0.39 is 12.1 Å². The monoisotopic (exact) mass is 261 g/mol. The Kier molecular flexibility index (Phi) is 3.69. The first-order chi connectivity index (χ1) is 8.97. The highest BCUT2D eigenvalue weighted by atomic mass is 19.1. The molecule has 0 radical (unpaired) electrons. The number of benzene rings is 1. The Morgan fingerprint density at radius 2 is 1.89 bits per heavy atom. The molecule has 0 aliphatic rings. The highest BCUT2D eigenvalue weighted by Gasteiger charge is 2.17. The van der Waals surface area contributed by atoms with Gasteiger partial charge in [0.1, 0.15) is 17.6 Å². The first-order valence-electron chi connectivity index (χ1n) is 6.10. The fourth-order valence-electron chi connectivity index (χ4n) is 1.96. The van der Waals surface area contributed by atoms with Gasteiger partial charge in [-0.15, -0.1) is 0 Å². The minimum atomic E-state index is -0.420. The third-order valence-corrected chi connectivity index (χ3v) is 2.98. The summed E-state index contributed by atoms with van der Waals surface area (Å²) in [7, 11) is 0. The van der Waals surface area contributed by atoms with Crippen molar-refractivity contribution < 1.29 is 13.9 Å². The topological polar surface area (TPSA) is 42.1 Å². The van der Waals surface area contributed by atoms with E-state index >= 15 is 0 Å². The van der Waals surface area contributed by atoms with Crippen LogP contribution < -0.4 is 0 Å². The fourth-order valence-corrected chi connectivity index (χ4v) is 1.96. The van der Waals surface area contributed by atoms with E-state index in [9.17, 15) is 9.18 Å². The number of carbonyl (C=O) groups is 1. The summed E-state index contributed by atoms with van der Waals surface area (Å²) < 4.78 is 18.2. The van der Waals surface area contributed by atoms with Crippen LogP contribution in [0.3, 0.4) is 0 Å². The van der Waals surface area contributed by atoms with Gasteiger partial charge >= 0.3 is 5.97 Å². The lowest BCUT2D eigenvalue weighted by atomic mass is 10.1. The summed E-state index contributed by atoms with van der Waals surface area (Å²) in [4.78, 5) is 15.0. The fraction of sp³-hybridized carbons (Fsp3) is 0.267. The number of nitrogens with one attached hydrogen (secondary N) is 1. The van der Waals surface area contributed by atoms with Gasteiger partial charge in [0.05, 0.1) is 0 Å². The lowest BCUT2D eigenvalue weighted by molar-refractivity contribution is 0.0330. The molecular formula is C15H16FNO2. The normalized spacial score (nSPS) is 12.2. The maximum absolute atomic E-state index is 12.8. The SMILES string of the molecule is Cc1cc(C)c(C(=O)OC(C)c2ccc(F)cc2)[nH]1. The Balaban J connectivity index is 2.10. The Morgan fingerprint density at radius 1 is 1.26 bits per heavy atom. The molecule has 0 aliphatic heterocycles. The van der Waals surface area contributed by atoms with Crippen molar-refractivity contribution in [2.75, 3.05) is 0 Å². The summed E-state index contributed by atoms with van der Waals surface area (Å²) in [6.07, 6.45) is -0.420. The summed E-state index contributed by atoms with van der Waals surface area (Å²) in [6.45, 7) is 5.49. The number of halogens is 1. The number of aromatic amines is 1. The summed E-state index contributed by atoms with van der Waals surface area (Å²) in [5, 5.41) is 0. The molecule has 0 bridgehead atoms. The van der Waals surface area contributed by atoms with Crippen molar-refractivity contribution in [3.8, 4) is 0 Å². The lowest BCUT2D eigenvalue weighted by Gasteiger charge is -2.13. The van der Waals surface area contributed by atoms with Crippen LogP contribution in [0.4, 0.5) is 4.39 Å². The Bertz CT molecular complexity index is 587. The molecule has 2 rings (SSSR count). The molecule has 1 unspecified atom stereocenters. The van der Waals surface area contributed by atoms with Crippen LogP contribution in [0, 0.1) is 19.7 Å². The highest BCUT2D eigenvalue weighted by molar-refractivity contribution is 5.89. The molecule has 0 saturated heterocycles. The van der Waals surface area contributed by atoms with Crippen LogP contribution in [-0.4, -0.2) is 11.0 Å². The van der Waals surface area contributed by atoms with Crippen molar-refractivity contribution in [3.63, 3.8) is 0 Å². The maximum Gasteiger partial charge on any atom is 0.355 e. The number of esters is 1. The van der Waals surface area contributed by atoms with E-state index in [0.717, 1.165) is 16.8 Å². The first kappa shape index (κ1) is 13.3. The smallest absolute Gasteiger partial charge is 0.355 e. The summed E-state index contributed by atoms with van der Waals surface area (Å²) in [5.74, 6) is -0.708. The zero-order valence-electron chi connectivity index (χ0n) is 11.2. The van der Waals surface area contributed by atoms with Crippen LogP contribution >= 0.6 is 0 Å². The molecule has 1 aromatic carbocycles. The van der Waals surface area contributed by atoms with Crippen LogP contribution in [0.2, 0.25) is 0 Å². The van der Waals surface area contributed by atoms with E-state index in [1.54, 1.807) is 19.1 Å². The number of rotatable bonds is 3. The largest absolute Gasteiger partial charge is 0.453 e. The molecule has 0 fully saturated rings. The van der Waals surface area contributed by atoms with Gasteiger partial charge in [-0.05, 0) is 50.1 Å². The molecule has 100 valence electrons. The minimum Gasteiger partial charge on any atom is -0.453 e. The molecule has 19 heavy (non-hydrogen) atoms. The summed E-state index contributed by atoms with van der Waals surface area (Å²) in [6, 6.07) is 7.81. The van der Waals surface area contributed by atoms with Crippen LogP contribution in [-0.2, 0) is 4.74 Å². The second kappa shape index (κ2) is 5.26. The van der Waals surface area contributed by atoms with E-state index in [4.69, 9.17) is 4.74 Å². The number of hydrogen-bond acceptors (Lipinski definition) is 2. The van der Waals surface area contributed by atoms with Gasteiger partial charge in [0.2, 0.25) is 0 Å². The van der Waals surface area contributed by atoms with Crippen molar-refractivity contribution in [1.29, 1.82) is 0 Å². The molecule has 4 heteroatoms. The van der Waals surface area contributed by atoms with Crippen molar-refractivity contribution >= 4 is 5.97 Å². The Labute approximate surface area is 111 Å². The van der Waals surface area contributed by atoms with Gasteiger partial charge < -0.3 is 9.72 Å². The van der Waals surface area contributed by atoms with Gasteiger partial charge in [-0.25, -0.2) is 9.18 Å². The van der Waals surface area contributed by atoms with Crippen molar-refractivity contribution in [1.82, 2.24) is 4.98 Å². The molecule has 1 aromatic heterocycles. The summed E-state index contributed by atoms with van der Waals surface area (Å²) >= 11 is 0. The minimum absolute atomic E-state index is 0.307. The van der Waals surface area contributed by atoms with E-state index in [-0.39, 0.29) is 5.82 Å². The quantitative estimate of drug-likeness (QED) is 0.856. The number of H-pyrrole nitrogens is 1. The second-order valence-corrected chi connectivity index (χ2v) is 4.61. The van der Waals surface area contributed by atoms with Crippen molar-refractivity contribution in [3.05, 3.63) is 58.7 Å². The molecule has 0 amide bonds. The second-order valence-electron chi connectivity index (χ2n) is 4.61.